The second-order valence-corrected chi connectivity index (χ2v) is 4.22. The fourth-order valence-electron chi connectivity index (χ4n) is 2.19. The number of aliphatic carboxylic acids is 1. The third kappa shape index (κ3) is 1.90. The van der Waals surface area contributed by atoms with Crippen LogP contribution in [0.1, 0.15) is 17.4 Å². The minimum Gasteiger partial charge on any atom is -0.481 e. The standard InChI is InChI=1S/C11H15NO3/c1-7-3-4-10(15-7)8-5-12(2)6-9(8)11(13)14/h3-4,8-9H,5-6H2,1-2H3,(H,13,14)/t8-,9-/m1/s1. The number of carboxylic acid groups (broad SMARTS) is 1. The highest BCUT2D eigenvalue weighted by atomic mass is 16.4. The molecule has 15 heavy (non-hydrogen) atoms. The van der Waals surface area contributed by atoms with Crippen LogP contribution in [0.3, 0.4) is 0 Å². The fraction of sp³-hybridized carbons (Fsp3) is 0.545. The lowest BCUT2D eigenvalue weighted by Crippen LogP contribution is -2.21. The third-order valence-corrected chi connectivity index (χ3v) is 2.95. The second kappa shape index (κ2) is 3.70. The van der Waals surface area contributed by atoms with Crippen molar-refractivity contribution in [2.45, 2.75) is 12.8 Å². The number of rotatable bonds is 2. The summed E-state index contributed by atoms with van der Waals surface area (Å²) in [5, 5.41) is 9.10. The summed E-state index contributed by atoms with van der Waals surface area (Å²) in [6.07, 6.45) is 0. The van der Waals surface area contributed by atoms with Crippen molar-refractivity contribution in [3.05, 3.63) is 23.7 Å². The zero-order chi connectivity index (χ0) is 11.0. The predicted molar refractivity (Wildman–Crippen MR) is 54.8 cm³/mol. The fourth-order valence-corrected chi connectivity index (χ4v) is 2.19. The number of likely N-dealkylation sites (N-methyl/N-ethyl adjacent to an activating group) is 1. The first-order valence-electron chi connectivity index (χ1n) is 5.05. The van der Waals surface area contributed by atoms with Crippen molar-refractivity contribution < 1.29 is 14.3 Å². The van der Waals surface area contributed by atoms with E-state index in [4.69, 9.17) is 9.52 Å². The second-order valence-electron chi connectivity index (χ2n) is 4.22. The summed E-state index contributed by atoms with van der Waals surface area (Å²) in [7, 11) is 1.94. The SMILES string of the molecule is Cc1ccc([C@@H]2CN(C)C[C@H]2C(=O)O)o1. The summed E-state index contributed by atoms with van der Waals surface area (Å²) in [6.45, 7) is 3.22. The minimum absolute atomic E-state index is 0.0128. The van der Waals surface area contributed by atoms with Crippen molar-refractivity contribution in [1.82, 2.24) is 4.90 Å². The van der Waals surface area contributed by atoms with Gasteiger partial charge in [0, 0.05) is 19.0 Å². The summed E-state index contributed by atoms with van der Waals surface area (Å²) < 4.78 is 5.51. The van der Waals surface area contributed by atoms with Gasteiger partial charge in [0.05, 0.1) is 5.92 Å². The van der Waals surface area contributed by atoms with E-state index in [-0.39, 0.29) is 11.8 Å². The van der Waals surface area contributed by atoms with Crippen LogP contribution in [0.4, 0.5) is 0 Å². The van der Waals surface area contributed by atoms with E-state index in [2.05, 4.69) is 0 Å². The van der Waals surface area contributed by atoms with Crippen molar-refractivity contribution in [2.24, 2.45) is 5.92 Å². The normalized spacial score (nSPS) is 27.1. The van der Waals surface area contributed by atoms with Crippen molar-refractivity contribution in [1.29, 1.82) is 0 Å². The molecule has 4 nitrogen and oxygen atoms in total. The first kappa shape index (κ1) is 10.2. The van der Waals surface area contributed by atoms with Crippen molar-refractivity contribution >= 4 is 5.97 Å². The van der Waals surface area contributed by atoms with Gasteiger partial charge in [-0.05, 0) is 26.1 Å². The molecule has 1 aromatic rings. The van der Waals surface area contributed by atoms with E-state index in [9.17, 15) is 4.79 Å². The Morgan fingerprint density at radius 2 is 2.27 bits per heavy atom. The van der Waals surface area contributed by atoms with Crippen LogP contribution in [-0.2, 0) is 4.79 Å². The first-order valence-corrected chi connectivity index (χ1v) is 5.05. The molecule has 1 aromatic heterocycles. The zero-order valence-electron chi connectivity index (χ0n) is 8.93. The Morgan fingerprint density at radius 1 is 1.53 bits per heavy atom. The first-order chi connectivity index (χ1) is 7.08. The highest BCUT2D eigenvalue weighted by molar-refractivity contribution is 5.72. The third-order valence-electron chi connectivity index (χ3n) is 2.95. The lowest BCUT2D eigenvalue weighted by atomic mass is 9.94. The quantitative estimate of drug-likeness (QED) is 0.798. The number of likely N-dealkylation sites (tertiary alicyclic amines) is 1. The summed E-state index contributed by atoms with van der Waals surface area (Å²) in [5.41, 5.74) is 0. The van der Waals surface area contributed by atoms with Crippen LogP contribution < -0.4 is 0 Å². The van der Waals surface area contributed by atoms with Crippen molar-refractivity contribution in [3.63, 3.8) is 0 Å². The van der Waals surface area contributed by atoms with Gasteiger partial charge < -0.3 is 14.4 Å². The number of furan rings is 1. The molecule has 0 aliphatic carbocycles. The van der Waals surface area contributed by atoms with Gasteiger partial charge in [-0.1, -0.05) is 0 Å². The van der Waals surface area contributed by atoms with Gasteiger partial charge in [-0.2, -0.15) is 0 Å². The van der Waals surface area contributed by atoms with Crippen LogP contribution in [0.2, 0.25) is 0 Å². The highest BCUT2D eigenvalue weighted by Crippen LogP contribution is 2.32. The van der Waals surface area contributed by atoms with Crippen LogP contribution in [0.5, 0.6) is 0 Å². The molecule has 0 aromatic carbocycles. The molecule has 0 spiro atoms. The predicted octanol–water partition coefficient (Wildman–Crippen LogP) is 1.32. The molecular weight excluding hydrogens is 194 g/mol. The maximum absolute atomic E-state index is 11.1. The van der Waals surface area contributed by atoms with E-state index >= 15 is 0 Å². The summed E-state index contributed by atoms with van der Waals surface area (Å²) in [5.74, 6) is 0.535. The molecule has 82 valence electrons. The van der Waals surface area contributed by atoms with Gasteiger partial charge in [-0.25, -0.2) is 0 Å². The summed E-state index contributed by atoms with van der Waals surface area (Å²) in [6, 6.07) is 3.77. The maximum Gasteiger partial charge on any atom is 0.308 e. The molecular formula is C11H15NO3. The number of nitrogens with zero attached hydrogens (tertiary/aromatic N) is 1. The van der Waals surface area contributed by atoms with Crippen LogP contribution >= 0.6 is 0 Å². The maximum atomic E-state index is 11.1. The molecule has 0 bridgehead atoms. The molecule has 1 aliphatic heterocycles. The molecule has 4 heteroatoms. The van der Waals surface area contributed by atoms with Crippen LogP contribution in [-0.4, -0.2) is 36.1 Å². The number of aryl methyl sites for hydroxylation is 1. The van der Waals surface area contributed by atoms with E-state index in [1.807, 2.05) is 31.0 Å². The smallest absolute Gasteiger partial charge is 0.308 e. The molecule has 0 amide bonds. The molecule has 0 radical (unpaired) electrons. The Bertz CT molecular complexity index is 372. The molecule has 2 rings (SSSR count). The van der Waals surface area contributed by atoms with E-state index < -0.39 is 5.97 Å². The van der Waals surface area contributed by atoms with Gasteiger partial charge in [0.2, 0.25) is 0 Å². The van der Waals surface area contributed by atoms with Crippen LogP contribution in [0, 0.1) is 12.8 Å². The van der Waals surface area contributed by atoms with Crippen molar-refractivity contribution in [2.75, 3.05) is 20.1 Å². The van der Waals surface area contributed by atoms with E-state index in [1.54, 1.807) is 0 Å². The minimum atomic E-state index is -0.738. The van der Waals surface area contributed by atoms with E-state index in [0.717, 1.165) is 18.1 Å². The van der Waals surface area contributed by atoms with E-state index in [0.29, 0.717) is 6.54 Å². The number of carboxylic acids is 1. The zero-order valence-corrected chi connectivity index (χ0v) is 8.93. The largest absolute Gasteiger partial charge is 0.481 e. The number of hydrogen-bond acceptors (Lipinski definition) is 3. The van der Waals surface area contributed by atoms with Crippen molar-refractivity contribution in [3.8, 4) is 0 Å². The molecule has 2 heterocycles. The van der Waals surface area contributed by atoms with Gasteiger partial charge in [0.15, 0.2) is 0 Å². The lowest BCUT2D eigenvalue weighted by Gasteiger charge is -2.11. The van der Waals surface area contributed by atoms with Crippen LogP contribution in [0.25, 0.3) is 0 Å². The monoisotopic (exact) mass is 209 g/mol. The van der Waals surface area contributed by atoms with Gasteiger partial charge >= 0.3 is 5.97 Å². The number of hydrogen-bond donors (Lipinski definition) is 1. The average Bonchev–Trinajstić information content (AvgIpc) is 2.71. The Labute approximate surface area is 88.5 Å². The topological polar surface area (TPSA) is 53.7 Å². The highest BCUT2D eigenvalue weighted by Gasteiger charge is 2.38. The van der Waals surface area contributed by atoms with E-state index in [1.165, 1.54) is 0 Å². The van der Waals surface area contributed by atoms with Gasteiger partial charge in [0.1, 0.15) is 11.5 Å². The summed E-state index contributed by atoms with van der Waals surface area (Å²) >= 11 is 0. The Morgan fingerprint density at radius 3 is 2.80 bits per heavy atom. The van der Waals surface area contributed by atoms with Gasteiger partial charge in [0.25, 0.3) is 0 Å². The molecule has 1 saturated heterocycles. The Balaban J connectivity index is 2.24. The van der Waals surface area contributed by atoms with Gasteiger partial charge in [-0.3, -0.25) is 4.79 Å². The molecule has 0 unspecified atom stereocenters. The molecule has 0 saturated carbocycles. The summed E-state index contributed by atoms with van der Waals surface area (Å²) in [4.78, 5) is 13.1. The lowest BCUT2D eigenvalue weighted by molar-refractivity contribution is -0.141. The molecule has 1 N–H and O–H groups in total. The molecule has 2 atom stereocenters. The molecule has 1 fully saturated rings. The average molecular weight is 209 g/mol. The van der Waals surface area contributed by atoms with Gasteiger partial charge in [-0.15, -0.1) is 0 Å². The number of carbonyl (C=O) groups is 1. The Kier molecular flexibility index (Phi) is 2.52. The van der Waals surface area contributed by atoms with Crippen LogP contribution in [0.15, 0.2) is 16.5 Å². The molecule has 1 aliphatic rings. The Hall–Kier alpha value is -1.29.